The molecule has 0 bridgehead atoms. The van der Waals surface area contributed by atoms with Crippen molar-refractivity contribution < 1.29 is 16.0 Å². The molecule has 1 heteroatoms. The third-order valence-electron chi connectivity index (χ3n) is 5.61. The van der Waals surface area contributed by atoms with E-state index >= 15 is 0 Å². The second-order valence-electron chi connectivity index (χ2n) is 7.46. The molecule has 1 atom stereocenters. The molecule has 5 rings (SSSR count). The van der Waals surface area contributed by atoms with Crippen LogP contribution in [0.25, 0.3) is 16.7 Å². The number of rotatable bonds is 4. The van der Waals surface area contributed by atoms with Gasteiger partial charge >= 0.3 is 187 Å². The topological polar surface area (TPSA) is 0 Å². The van der Waals surface area contributed by atoms with Crippen LogP contribution in [0.2, 0.25) is 0 Å². The van der Waals surface area contributed by atoms with E-state index < -0.39 is 4.31 Å². The summed E-state index contributed by atoms with van der Waals surface area (Å²) in [6.45, 7) is 0. The van der Waals surface area contributed by atoms with Crippen LogP contribution in [0.15, 0.2) is 127 Å². The molecule has 4 aromatic carbocycles. The normalized spacial score (nSPS) is 18.4. The second kappa shape index (κ2) is 7.95. The molecule has 0 amide bonds. The summed E-state index contributed by atoms with van der Waals surface area (Å²) in [6.07, 6.45) is 2.35. The zero-order valence-corrected chi connectivity index (χ0v) is 17.6. The molecule has 1 unspecified atom stereocenters. The van der Waals surface area contributed by atoms with E-state index in [-0.39, 0.29) is 0 Å². The van der Waals surface area contributed by atoms with Crippen LogP contribution in [0.4, 0.5) is 0 Å². The summed E-state index contributed by atoms with van der Waals surface area (Å²) in [4.78, 5) is 0. The SMILES string of the molecule is [Fe][C]1(c2ccccc2)C=C(c2ccccc2)C(c2ccccc2)=C1c1ccccc1. The van der Waals surface area contributed by atoms with Gasteiger partial charge in [-0.05, 0) is 0 Å². The Balaban J connectivity index is 1.87. The molecule has 145 valence electrons. The first-order valence-electron chi connectivity index (χ1n) is 10.1. The Morgan fingerprint density at radius 1 is 0.467 bits per heavy atom. The average molecular weight is 425 g/mol. The van der Waals surface area contributed by atoms with E-state index in [0.717, 1.165) is 0 Å². The number of hydrogen-bond donors (Lipinski definition) is 0. The van der Waals surface area contributed by atoms with Gasteiger partial charge in [-0.25, -0.2) is 0 Å². The molecule has 0 aromatic heterocycles. The summed E-state index contributed by atoms with van der Waals surface area (Å²) in [7, 11) is 0. The molecular weight excluding hydrogens is 404 g/mol. The molecule has 0 N–H and O–H groups in total. The van der Waals surface area contributed by atoms with Gasteiger partial charge in [0.05, 0.1) is 0 Å². The molecule has 0 radical (unpaired) electrons. The second-order valence-corrected chi connectivity index (χ2v) is 8.34. The fourth-order valence-electron chi connectivity index (χ4n) is 4.26. The molecule has 1 aliphatic rings. The van der Waals surface area contributed by atoms with Crippen molar-refractivity contribution in [3.63, 3.8) is 0 Å². The number of benzene rings is 4. The van der Waals surface area contributed by atoms with Gasteiger partial charge in [0, 0.05) is 0 Å². The molecule has 0 aliphatic heterocycles. The molecule has 4 aromatic rings. The monoisotopic (exact) mass is 425 g/mol. The first-order valence-corrected chi connectivity index (χ1v) is 10.7. The summed E-state index contributed by atoms with van der Waals surface area (Å²) in [5.74, 6) is 0. The first kappa shape index (κ1) is 18.9. The Morgan fingerprint density at radius 2 is 0.900 bits per heavy atom. The van der Waals surface area contributed by atoms with Crippen molar-refractivity contribution >= 4 is 16.7 Å². The molecule has 0 saturated heterocycles. The Kier molecular flexibility index (Phi) is 5.01. The van der Waals surface area contributed by atoms with Gasteiger partial charge in [0.2, 0.25) is 0 Å². The molecule has 0 heterocycles. The summed E-state index contributed by atoms with van der Waals surface area (Å²) in [6, 6.07) is 42.7. The zero-order chi connectivity index (χ0) is 20.4. The van der Waals surface area contributed by atoms with E-state index in [1.54, 1.807) is 0 Å². The predicted molar refractivity (Wildman–Crippen MR) is 122 cm³/mol. The van der Waals surface area contributed by atoms with Gasteiger partial charge in [0.1, 0.15) is 0 Å². The molecule has 0 fully saturated rings. The van der Waals surface area contributed by atoms with Gasteiger partial charge in [-0.15, -0.1) is 0 Å². The van der Waals surface area contributed by atoms with Crippen LogP contribution in [-0.2, 0) is 20.3 Å². The van der Waals surface area contributed by atoms with Gasteiger partial charge in [0.15, 0.2) is 0 Å². The van der Waals surface area contributed by atoms with E-state index in [0.29, 0.717) is 0 Å². The fourth-order valence-corrected chi connectivity index (χ4v) is 4.90. The Bertz CT molecular complexity index is 1210. The van der Waals surface area contributed by atoms with Crippen molar-refractivity contribution in [1.82, 2.24) is 0 Å². The Morgan fingerprint density at radius 3 is 1.43 bits per heavy atom. The minimum absolute atomic E-state index is 0.473. The van der Waals surface area contributed by atoms with E-state index in [1.165, 1.54) is 39.0 Å². The number of allylic oxidation sites excluding steroid dienone is 4. The molecule has 1 aliphatic carbocycles. The van der Waals surface area contributed by atoms with Gasteiger partial charge in [-0.1, -0.05) is 0 Å². The zero-order valence-electron chi connectivity index (χ0n) is 16.5. The van der Waals surface area contributed by atoms with E-state index in [2.05, 4.69) is 127 Å². The maximum absolute atomic E-state index is 4.81. The summed E-state index contributed by atoms with van der Waals surface area (Å²) in [5, 5.41) is 0. The molecular formula is C29H21Fe. The van der Waals surface area contributed by atoms with Crippen molar-refractivity contribution in [1.29, 1.82) is 0 Å². The third-order valence-corrected chi connectivity index (χ3v) is 6.37. The standard InChI is InChI=1S/C29H21.Fe/c1-5-13-22(14-6-1)26-21-27(23-15-7-2-8-16-23)29(25-19-11-4-12-20-25)28(26)24-17-9-3-10-18-24;/h1-21H;. The van der Waals surface area contributed by atoms with Crippen LogP contribution >= 0.6 is 0 Å². The Labute approximate surface area is 186 Å². The van der Waals surface area contributed by atoms with E-state index in [1.807, 2.05) is 0 Å². The van der Waals surface area contributed by atoms with Crippen LogP contribution in [-0.4, -0.2) is 0 Å². The Hall–Kier alpha value is -3.12. The molecule has 30 heavy (non-hydrogen) atoms. The third kappa shape index (κ3) is 3.27. The van der Waals surface area contributed by atoms with Crippen LogP contribution < -0.4 is 0 Å². The van der Waals surface area contributed by atoms with Crippen molar-refractivity contribution in [2.75, 3.05) is 0 Å². The van der Waals surface area contributed by atoms with Crippen LogP contribution in [0, 0.1) is 0 Å². The van der Waals surface area contributed by atoms with Gasteiger partial charge < -0.3 is 0 Å². The number of hydrogen-bond acceptors (Lipinski definition) is 0. The van der Waals surface area contributed by atoms with Gasteiger partial charge in [-0.3, -0.25) is 0 Å². The van der Waals surface area contributed by atoms with Gasteiger partial charge in [-0.2, -0.15) is 0 Å². The van der Waals surface area contributed by atoms with Gasteiger partial charge in [0.25, 0.3) is 0 Å². The summed E-state index contributed by atoms with van der Waals surface area (Å²) < 4.78 is -0.473. The predicted octanol–water partition coefficient (Wildman–Crippen LogP) is 7.14. The first-order chi connectivity index (χ1) is 14.8. The molecule has 0 nitrogen and oxygen atoms in total. The minimum atomic E-state index is -0.473. The van der Waals surface area contributed by atoms with Crippen molar-refractivity contribution in [3.05, 3.63) is 150 Å². The summed E-state index contributed by atoms with van der Waals surface area (Å²) >= 11 is 4.81. The van der Waals surface area contributed by atoms with Crippen LogP contribution in [0.3, 0.4) is 0 Å². The van der Waals surface area contributed by atoms with Crippen LogP contribution in [0.5, 0.6) is 0 Å². The van der Waals surface area contributed by atoms with Crippen molar-refractivity contribution in [3.8, 4) is 0 Å². The quantitative estimate of drug-likeness (QED) is 0.305. The van der Waals surface area contributed by atoms with Crippen molar-refractivity contribution in [2.24, 2.45) is 0 Å². The fraction of sp³-hybridized carbons (Fsp3) is 0.0345. The maximum atomic E-state index is 4.81. The average Bonchev–Trinajstić information content (AvgIpc) is 3.16. The molecule has 0 saturated carbocycles. The summed E-state index contributed by atoms with van der Waals surface area (Å²) in [5.41, 5.74) is 8.57. The molecule has 0 spiro atoms. The van der Waals surface area contributed by atoms with E-state index in [9.17, 15) is 0 Å². The van der Waals surface area contributed by atoms with E-state index in [4.69, 9.17) is 16.0 Å². The van der Waals surface area contributed by atoms with Crippen LogP contribution in [0.1, 0.15) is 22.3 Å². The van der Waals surface area contributed by atoms with Crippen molar-refractivity contribution in [2.45, 2.75) is 4.31 Å².